The van der Waals surface area contributed by atoms with Crippen LogP contribution in [0.15, 0.2) is 44.4 Å². The van der Waals surface area contributed by atoms with Gasteiger partial charge >= 0.3 is 0 Å². The van der Waals surface area contributed by atoms with E-state index in [1.165, 1.54) is 15.6 Å². The van der Waals surface area contributed by atoms with Crippen LogP contribution in [0, 0.1) is 6.92 Å². The minimum absolute atomic E-state index is 0.343. The van der Waals surface area contributed by atoms with E-state index in [1.54, 1.807) is 11.4 Å². The van der Waals surface area contributed by atoms with Crippen LogP contribution in [0.3, 0.4) is 0 Å². The molecule has 0 saturated heterocycles. The first-order valence-electron chi connectivity index (χ1n) is 5.79. The number of thiophene rings is 1. The highest BCUT2D eigenvalue weighted by molar-refractivity contribution is 9.10. The summed E-state index contributed by atoms with van der Waals surface area (Å²) in [5, 5.41) is 1.76. The second-order valence-electron chi connectivity index (χ2n) is 4.06. The second kappa shape index (κ2) is 5.64. The number of hydrogen-bond donors (Lipinski definition) is 0. The zero-order chi connectivity index (χ0) is 14.0. The Bertz CT molecular complexity index is 662. The van der Waals surface area contributed by atoms with Gasteiger partial charge in [0, 0.05) is 11.0 Å². The maximum atomic E-state index is 12.6. The Balaban J connectivity index is 2.48. The molecular weight excluding hydrogens is 346 g/mol. The van der Waals surface area contributed by atoms with Gasteiger partial charge in [-0.15, -0.1) is 11.3 Å². The van der Waals surface area contributed by atoms with Gasteiger partial charge in [0.25, 0.3) is 10.0 Å². The summed E-state index contributed by atoms with van der Waals surface area (Å²) in [5.74, 6) is 0. The molecular formula is C13H14BrNO2S2. The van der Waals surface area contributed by atoms with E-state index in [1.807, 2.05) is 38.1 Å². The predicted octanol–water partition coefficient (Wildman–Crippen LogP) is 4.03. The second-order valence-corrected chi connectivity index (χ2v) is 7.89. The molecule has 0 amide bonds. The third-order valence-electron chi connectivity index (χ3n) is 2.72. The van der Waals surface area contributed by atoms with E-state index < -0.39 is 10.0 Å². The number of nitrogens with zero attached hydrogens (tertiary/aromatic N) is 1. The van der Waals surface area contributed by atoms with Gasteiger partial charge in [0.2, 0.25) is 0 Å². The van der Waals surface area contributed by atoms with Crippen LogP contribution in [0.4, 0.5) is 5.69 Å². The van der Waals surface area contributed by atoms with Crippen LogP contribution in [0.25, 0.3) is 0 Å². The molecule has 2 aromatic rings. The fraction of sp³-hybridized carbons (Fsp3) is 0.231. The monoisotopic (exact) mass is 359 g/mol. The van der Waals surface area contributed by atoms with Crippen LogP contribution in [0.5, 0.6) is 0 Å². The molecule has 1 aromatic heterocycles. The third-order valence-corrected chi connectivity index (χ3v) is 7.27. The van der Waals surface area contributed by atoms with E-state index in [0.29, 0.717) is 20.9 Å². The van der Waals surface area contributed by atoms with Crippen molar-refractivity contribution in [3.05, 3.63) is 45.7 Å². The van der Waals surface area contributed by atoms with Crippen molar-refractivity contribution in [2.75, 3.05) is 10.8 Å². The molecule has 0 saturated carbocycles. The van der Waals surface area contributed by atoms with Crippen molar-refractivity contribution in [1.29, 1.82) is 0 Å². The minimum atomic E-state index is -3.50. The summed E-state index contributed by atoms with van der Waals surface area (Å²) in [6.07, 6.45) is 0. The lowest BCUT2D eigenvalue weighted by Crippen LogP contribution is -2.30. The number of benzene rings is 1. The molecule has 2 rings (SSSR count). The number of halogens is 1. The first-order chi connectivity index (χ1) is 8.96. The van der Waals surface area contributed by atoms with Gasteiger partial charge in [0.1, 0.15) is 0 Å². The Labute approximate surface area is 126 Å². The number of hydrogen-bond acceptors (Lipinski definition) is 3. The maximum absolute atomic E-state index is 12.6. The summed E-state index contributed by atoms with van der Waals surface area (Å²) in [6, 6.07) is 9.24. The fourth-order valence-corrected chi connectivity index (χ4v) is 5.65. The molecule has 0 N–H and O–H groups in total. The molecule has 0 radical (unpaired) electrons. The summed E-state index contributed by atoms with van der Waals surface area (Å²) < 4.78 is 27.7. The van der Waals surface area contributed by atoms with E-state index in [9.17, 15) is 8.42 Å². The van der Waals surface area contributed by atoms with Gasteiger partial charge in [-0.1, -0.05) is 17.7 Å². The van der Waals surface area contributed by atoms with Gasteiger partial charge in [-0.2, -0.15) is 0 Å². The fourth-order valence-electron chi connectivity index (χ4n) is 1.77. The van der Waals surface area contributed by atoms with Crippen molar-refractivity contribution >= 4 is 43.0 Å². The summed E-state index contributed by atoms with van der Waals surface area (Å²) in [7, 11) is -3.50. The lowest BCUT2D eigenvalue weighted by atomic mass is 10.2. The Morgan fingerprint density at radius 2 is 1.84 bits per heavy atom. The highest BCUT2D eigenvalue weighted by atomic mass is 79.9. The first kappa shape index (κ1) is 14.6. The van der Waals surface area contributed by atoms with Gasteiger partial charge < -0.3 is 0 Å². The molecule has 0 bridgehead atoms. The van der Waals surface area contributed by atoms with E-state index >= 15 is 0 Å². The number of sulfonamides is 1. The Morgan fingerprint density at radius 1 is 1.21 bits per heavy atom. The maximum Gasteiger partial charge on any atom is 0.274 e. The molecule has 19 heavy (non-hydrogen) atoms. The Hall–Kier alpha value is -0.850. The van der Waals surface area contributed by atoms with E-state index in [2.05, 4.69) is 15.9 Å². The molecule has 0 spiro atoms. The Morgan fingerprint density at radius 3 is 2.32 bits per heavy atom. The van der Waals surface area contributed by atoms with Crippen molar-refractivity contribution in [2.24, 2.45) is 0 Å². The molecule has 0 aliphatic rings. The summed E-state index contributed by atoms with van der Waals surface area (Å²) >= 11 is 4.51. The average Bonchev–Trinajstić information content (AvgIpc) is 2.79. The summed E-state index contributed by atoms with van der Waals surface area (Å²) in [5.41, 5.74) is 1.79. The predicted molar refractivity (Wildman–Crippen MR) is 83.4 cm³/mol. The quantitative estimate of drug-likeness (QED) is 0.825. The Kier molecular flexibility index (Phi) is 4.32. The highest BCUT2D eigenvalue weighted by Crippen LogP contribution is 2.32. The van der Waals surface area contributed by atoms with Crippen LogP contribution in [0.1, 0.15) is 12.5 Å². The first-order valence-corrected chi connectivity index (χ1v) is 8.90. The lowest BCUT2D eigenvalue weighted by Gasteiger charge is -2.22. The molecule has 0 fully saturated rings. The molecule has 1 aromatic carbocycles. The molecule has 0 aliphatic carbocycles. The van der Waals surface area contributed by atoms with Crippen LogP contribution in [-0.4, -0.2) is 15.0 Å². The van der Waals surface area contributed by atoms with Crippen molar-refractivity contribution < 1.29 is 8.42 Å². The molecule has 3 nitrogen and oxygen atoms in total. The van der Waals surface area contributed by atoms with Crippen molar-refractivity contribution in [3.63, 3.8) is 0 Å². The summed E-state index contributed by atoms with van der Waals surface area (Å²) in [4.78, 5) is 0. The largest absolute Gasteiger partial charge is 0.274 e. The summed E-state index contributed by atoms with van der Waals surface area (Å²) in [6.45, 7) is 4.21. The normalized spacial score (nSPS) is 11.5. The smallest absolute Gasteiger partial charge is 0.266 e. The topological polar surface area (TPSA) is 37.4 Å². The number of aryl methyl sites for hydroxylation is 1. The van der Waals surface area contributed by atoms with Crippen LogP contribution >= 0.6 is 27.3 Å². The highest BCUT2D eigenvalue weighted by Gasteiger charge is 2.26. The van der Waals surface area contributed by atoms with E-state index in [0.717, 1.165) is 5.56 Å². The standard InChI is InChI=1S/C13H14BrNO2S2/c1-3-15(11-6-4-10(2)5-7-11)19(16,17)13-12(14)8-9-18-13/h4-9H,3H2,1-2H3. The molecule has 102 valence electrons. The van der Waals surface area contributed by atoms with Gasteiger partial charge in [-0.3, -0.25) is 4.31 Å². The van der Waals surface area contributed by atoms with Gasteiger partial charge in [0.05, 0.1) is 5.69 Å². The van der Waals surface area contributed by atoms with Crippen molar-refractivity contribution in [1.82, 2.24) is 0 Å². The molecule has 1 heterocycles. The zero-order valence-corrected chi connectivity index (χ0v) is 13.8. The molecule has 0 aliphatic heterocycles. The third kappa shape index (κ3) is 2.85. The van der Waals surface area contributed by atoms with Crippen LogP contribution < -0.4 is 4.31 Å². The van der Waals surface area contributed by atoms with Gasteiger partial charge in [0.15, 0.2) is 4.21 Å². The van der Waals surface area contributed by atoms with Crippen LogP contribution in [0.2, 0.25) is 0 Å². The average molecular weight is 360 g/mol. The van der Waals surface area contributed by atoms with E-state index in [4.69, 9.17) is 0 Å². The molecule has 0 unspecified atom stereocenters. The number of rotatable bonds is 4. The van der Waals surface area contributed by atoms with Crippen molar-refractivity contribution in [3.8, 4) is 0 Å². The van der Waals surface area contributed by atoms with E-state index in [-0.39, 0.29) is 0 Å². The SMILES string of the molecule is CCN(c1ccc(C)cc1)S(=O)(=O)c1sccc1Br. The zero-order valence-electron chi connectivity index (χ0n) is 10.6. The van der Waals surface area contributed by atoms with Gasteiger partial charge in [-0.05, 0) is 53.4 Å². The molecule has 6 heteroatoms. The number of anilines is 1. The minimum Gasteiger partial charge on any atom is -0.266 e. The van der Waals surface area contributed by atoms with Crippen LogP contribution in [-0.2, 0) is 10.0 Å². The molecule has 0 atom stereocenters. The van der Waals surface area contributed by atoms with Gasteiger partial charge in [-0.25, -0.2) is 8.42 Å². The van der Waals surface area contributed by atoms with Crippen molar-refractivity contribution in [2.45, 2.75) is 18.1 Å². The lowest BCUT2D eigenvalue weighted by molar-refractivity contribution is 0.593.